The van der Waals surface area contributed by atoms with Crippen LogP contribution in [-0.2, 0) is 9.59 Å². The van der Waals surface area contributed by atoms with Crippen LogP contribution in [0.3, 0.4) is 0 Å². The fraction of sp³-hybridized carbons (Fsp3) is 0.556. The number of carbonyl (C=O) groups is 2. The largest absolute Gasteiger partial charge is 0.573 e. The molecule has 0 N–H and O–H groups in total. The Morgan fingerprint density at radius 1 is 1.27 bits per heavy atom. The van der Waals surface area contributed by atoms with Crippen LogP contribution in [0, 0.1) is 0 Å². The highest BCUT2D eigenvalue weighted by Gasteiger charge is 2.54. The molecule has 1 heterocycles. The van der Waals surface area contributed by atoms with Gasteiger partial charge in [0, 0.05) is 24.7 Å². The number of nitrogens with zero attached hydrogens (tertiary/aromatic N) is 2. The van der Waals surface area contributed by atoms with Crippen molar-refractivity contribution >= 4 is 17.5 Å². The molecular weight excluding hydrogens is 349 g/mol. The molecule has 0 saturated carbocycles. The molecule has 5 nitrogen and oxygen atoms in total. The second kappa shape index (κ2) is 6.57. The fourth-order valence-corrected chi connectivity index (χ4v) is 3.41. The zero-order valence-electron chi connectivity index (χ0n) is 15.6. The van der Waals surface area contributed by atoms with Crippen LogP contribution in [0.1, 0.15) is 34.1 Å². The van der Waals surface area contributed by atoms with Crippen molar-refractivity contribution in [2.45, 2.75) is 52.1 Å². The number of likely N-dealkylation sites (N-methyl/N-ethyl adjacent to an activating group) is 1. The van der Waals surface area contributed by atoms with Crippen molar-refractivity contribution in [2.75, 3.05) is 18.5 Å². The van der Waals surface area contributed by atoms with E-state index in [-0.39, 0.29) is 22.0 Å². The van der Waals surface area contributed by atoms with E-state index in [1.807, 2.05) is 20.8 Å². The molecule has 8 heteroatoms. The van der Waals surface area contributed by atoms with Gasteiger partial charge in [-0.15, -0.1) is 13.2 Å². The third-order valence-electron chi connectivity index (χ3n) is 5.21. The first-order valence-electron chi connectivity index (χ1n) is 8.32. The first-order chi connectivity index (χ1) is 11.8. The van der Waals surface area contributed by atoms with Gasteiger partial charge in [0.25, 0.3) is 5.91 Å². The Bertz CT molecular complexity index is 712. The van der Waals surface area contributed by atoms with Gasteiger partial charge in [0.2, 0.25) is 0 Å². The highest BCUT2D eigenvalue weighted by Crippen LogP contribution is 2.35. The Balaban J connectivity index is 2.32. The average Bonchev–Trinajstić information content (AvgIpc) is 2.85. The minimum atomic E-state index is -4.80. The van der Waals surface area contributed by atoms with Crippen molar-refractivity contribution in [3.8, 4) is 5.75 Å². The summed E-state index contributed by atoms with van der Waals surface area (Å²) in [7, 11) is 1.73. The molecule has 0 bridgehead atoms. The number of alkyl halides is 3. The van der Waals surface area contributed by atoms with E-state index in [2.05, 4.69) is 4.74 Å². The van der Waals surface area contributed by atoms with Gasteiger partial charge >= 0.3 is 12.3 Å². The lowest BCUT2D eigenvalue weighted by molar-refractivity contribution is -0.896. The Hall–Kier alpha value is -2.09. The lowest BCUT2D eigenvalue weighted by Gasteiger charge is -2.45. The number of halogens is 3. The minimum absolute atomic E-state index is 0.0684. The van der Waals surface area contributed by atoms with Crippen LogP contribution < -0.4 is 9.64 Å². The molecular formula is C18H24F3N2O3+. The molecule has 144 valence electrons. The lowest BCUT2D eigenvalue weighted by atomic mass is 9.97. The van der Waals surface area contributed by atoms with Gasteiger partial charge in [-0.2, -0.15) is 0 Å². The van der Waals surface area contributed by atoms with E-state index in [4.69, 9.17) is 0 Å². The number of ether oxygens (including phenoxy) is 1. The van der Waals surface area contributed by atoms with Gasteiger partial charge in [0.05, 0.1) is 19.5 Å². The zero-order chi connectivity index (χ0) is 19.9. The van der Waals surface area contributed by atoms with Crippen LogP contribution in [0.15, 0.2) is 24.3 Å². The van der Waals surface area contributed by atoms with Crippen LogP contribution >= 0.6 is 0 Å². The van der Waals surface area contributed by atoms with Gasteiger partial charge in [0.1, 0.15) is 5.75 Å². The summed E-state index contributed by atoms with van der Waals surface area (Å²) in [4.78, 5) is 26.8. The molecule has 1 aromatic rings. The van der Waals surface area contributed by atoms with Crippen LogP contribution in [0.5, 0.6) is 5.75 Å². The quantitative estimate of drug-likeness (QED) is 0.762. The van der Waals surface area contributed by atoms with Crippen molar-refractivity contribution in [2.24, 2.45) is 0 Å². The molecule has 2 rings (SSSR count). The minimum Gasteiger partial charge on any atom is -0.406 e. The highest BCUT2D eigenvalue weighted by atomic mass is 19.4. The predicted octanol–water partition coefficient (Wildman–Crippen LogP) is 3.48. The van der Waals surface area contributed by atoms with E-state index >= 15 is 0 Å². The van der Waals surface area contributed by atoms with Gasteiger partial charge in [-0.3, -0.25) is 4.79 Å². The average molecular weight is 373 g/mol. The predicted molar refractivity (Wildman–Crippen MR) is 90.5 cm³/mol. The maximum atomic E-state index is 13.0. The number of rotatable bonds is 3. The molecule has 0 spiro atoms. The molecule has 26 heavy (non-hydrogen) atoms. The van der Waals surface area contributed by atoms with E-state index in [0.717, 1.165) is 0 Å². The summed E-state index contributed by atoms with van der Waals surface area (Å²) in [6.07, 6.45) is -4.36. The summed E-state index contributed by atoms with van der Waals surface area (Å²) in [6, 6.07) is 4.74. The van der Waals surface area contributed by atoms with Crippen molar-refractivity contribution in [3.63, 3.8) is 0 Å². The molecule has 1 fully saturated rings. The summed E-state index contributed by atoms with van der Waals surface area (Å²) in [5.41, 5.74) is -0.174. The maximum Gasteiger partial charge on any atom is 0.573 e. The zero-order valence-corrected chi connectivity index (χ0v) is 15.6. The van der Waals surface area contributed by atoms with E-state index in [1.54, 1.807) is 13.1 Å². The van der Waals surface area contributed by atoms with Crippen molar-refractivity contribution in [1.82, 2.24) is 0 Å². The van der Waals surface area contributed by atoms with Crippen LogP contribution in [0.25, 0.3) is 0 Å². The van der Waals surface area contributed by atoms with Gasteiger partial charge in [0.15, 0.2) is 6.04 Å². The third-order valence-corrected chi connectivity index (χ3v) is 5.21. The Morgan fingerprint density at radius 2 is 1.88 bits per heavy atom. The van der Waals surface area contributed by atoms with Crippen LogP contribution in [0.4, 0.5) is 18.9 Å². The van der Waals surface area contributed by atoms with E-state index < -0.39 is 17.9 Å². The summed E-state index contributed by atoms with van der Waals surface area (Å²) in [5.74, 6) is -0.792. The molecule has 0 radical (unpaired) electrons. The number of hydrogen-bond donors (Lipinski definition) is 0. The normalized spacial score (nSPS) is 20.8. The molecule has 2 atom stereocenters. The van der Waals surface area contributed by atoms with Crippen molar-refractivity contribution in [3.05, 3.63) is 24.3 Å². The number of amides is 2. The second-order valence-electron chi connectivity index (χ2n) is 7.60. The van der Waals surface area contributed by atoms with Crippen LogP contribution in [-0.4, -0.2) is 47.8 Å². The summed E-state index contributed by atoms with van der Waals surface area (Å²) in [6.45, 7) is 7.46. The number of carbonyl (C=O) groups excluding carboxylic acids is 2. The highest BCUT2D eigenvalue weighted by molar-refractivity contribution is 5.99. The molecule has 0 aliphatic carbocycles. The first kappa shape index (κ1) is 20.2. The fourth-order valence-electron chi connectivity index (χ4n) is 3.41. The van der Waals surface area contributed by atoms with Crippen LogP contribution in [0.2, 0.25) is 0 Å². The maximum absolute atomic E-state index is 13.0. The molecule has 1 aromatic carbocycles. The van der Waals surface area contributed by atoms with Gasteiger partial charge < -0.3 is 9.64 Å². The number of hydrogen-bond acceptors (Lipinski definition) is 3. The van der Waals surface area contributed by atoms with Gasteiger partial charge in [-0.25, -0.2) is 9.28 Å². The molecule has 1 saturated heterocycles. The smallest absolute Gasteiger partial charge is 0.406 e. The standard InChI is InChI=1S/C18H24F3N2O3/c1-12(24)23(5,17(2,3)4)15-9-10-22(16(15)25)13-7-6-8-14(11-13)26-18(19,20)21/h6-8,11,15H,9-10H2,1-5H3/q+1. The van der Waals surface area contributed by atoms with E-state index in [9.17, 15) is 22.8 Å². The van der Waals surface area contributed by atoms with Gasteiger partial charge in [-0.1, -0.05) is 6.07 Å². The monoisotopic (exact) mass is 373 g/mol. The molecule has 1 aliphatic heterocycles. The number of anilines is 1. The summed E-state index contributed by atoms with van der Waals surface area (Å²) < 4.78 is 41.1. The summed E-state index contributed by atoms with van der Waals surface area (Å²) >= 11 is 0. The SMILES string of the molecule is CC(=O)[N+](C)(C1CCN(c2cccc(OC(F)(F)F)c2)C1=O)C(C)(C)C. The van der Waals surface area contributed by atoms with Crippen molar-refractivity contribution in [1.29, 1.82) is 0 Å². The van der Waals surface area contributed by atoms with E-state index in [0.29, 0.717) is 18.7 Å². The number of benzene rings is 1. The third kappa shape index (κ3) is 3.70. The Morgan fingerprint density at radius 3 is 2.38 bits per heavy atom. The molecule has 2 amide bonds. The molecule has 2 unspecified atom stereocenters. The Kier molecular flexibility index (Phi) is 5.11. The molecule has 0 aromatic heterocycles. The lowest BCUT2D eigenvalue weighted by Crippen LogP contribution is -2.67. The van der Waals surface area contributed by atoms with Crippen molar-refractivity contribution < 1.29 is 32.0 Å². The summed E-state index contributed by atoms with van der Waals surface area (Å²) in [5, 5.41) is 0. The molecule has 1 aliphatic rings. The van der Waals surface area contributed by atoms with Gasteiger partial charge in [-0.05, 0) is 32.9 Å². The van der Waals surface area contributed by atoms with E-state index in [1.165, 1.54) is 30.0 Å². The second-order valence-corrected chi connectivity index (χ2v) is 7.60. The Labute approximate surface area is 150 Å². The topological polar surface area (TPSA) is 46.6 Å². The number of quaternary nitrogens is 1. The first-order valence-corrected chi connectivity index (χ1v) is 8.32.